The number of sulfone groups is 1. The molecule has 29 heavy (non-hydrogen) atoms. The fraction of sp³-hybridized carbons (Fsp3) is 0.600. The summed E-state index contributed by atoms with van der Waals surface area (Å²) in [7, 11) is -3.70. The lowest BCUT2D eigenvalue weighted by molar-refractivity contribution is 0.147. The van der Waals surface area contributed by atoms with Crippen LogP contribution in [0.4, 0.5) is 4.39 Å². The van der Waals surface area contributed by atoms with Gasteiger partial charge in [-0.15, -0.1) is 0 Å². The van der Waals surface area contributed by atoms with Crippen LogP contribution < -0.4 is 0 Å². The molecule has 4 rings (SSSR count). The van der Waals surface area contributed by atoms with Crippen molar-refractivity contribution in [3.63, 3.8) is 0 Å². The lowest BCUT2D eigenvalue weighted by atomic mass is 9.89. The molecule has 1 saturated carbocycles. The standard InChI is InChI=1S/C20H26FN3O4S/c21-15-6-8-17(9-7-15)29(26,27)13-19-22-20(28-23-19)18-10-16(25)12-24(18)11-14-4-2-1-3-5-14/h6-9,14,16,18,25H,1-5,10-13H2/t16-,18+/m1/s1. The van der Waals surface area contributed by atoms with E-state index in [1.54, 1.807) is 0 Å². The summed E-state index contributed by atoms with van der Waals surface area (Å²) in [6.07, 6.45) is 6.23. The number of aliphatic hydroxyl groups excluding tert-OH is 1. The van der Waals surface area contributed by atoms with Crippen molar-refractivity contribution in [3.8, 4) is 0 Å². The SMILES string of the molecule is O=S(=O)(Cc1noc([C@@H]2C[C@@H](O)CN2CC2CCCCC2)n1)c1ccc(F)cc1. The lowest BCUT2D eigenvalue weighted by Crippen LogP contribution is -2.31. The molecule has 2 aromatic rings. The molecular weight excluding hydrogens is 397 g/mol. The van der Waals surface area contributed by atoms with Crippen molar-refractivity contribution in [3.05, 3.63) is 41.8 Å². The van der Waals surface area contributed by atoms with Gasteiger partial charge in [-0.1, -0.05) is 24.4 Å². The highest BCUT2D eigenvalue weighted by molar-refractivity contribution is 7.90. The second kappa shape index (κ2) is 8.49. The fourth-order valence-electron chi connectivity index (χ4n) is 4.40. The van der Waals surface area contributed by atoms with Crippen molar-refractivity contribution in [2.45, 2.75) is 61.3 Å². The van der Waals surface area contributed by atoms with Crippen molar-refractivity contribution in [1.82, 2.24) is 15.0 Å². The molecule has 2 aliphatic rings. The Hall–Kier alpha value is -1.84. The average Bonchev–Trinajstić information content (AvgIpc) is 3.28. The van der Waals surface area contributed by atoms with E-state index in [2.05, 4.69) is 15.0 Å². The van der Waals surface area contributed by atoms with E-state index in [0.29, 0.717) is 24.8 Å². The molecule has 1 N–H and O–H groups in total. The molecule has 2 atom stereocenters. The van der Waals surface area contributed by atoms with E-state index >= 15 is 0 Å². The Morgan fingerprint density at radius 1 is 1.17 bits per heavy atom. The van der Waals surface area contributed by atoms with Gasteiger partial charge in [0.25, 0.3) is 0 Å². The molecule has 158 valence electrons. The van der Waals surface area contributed by atoms with Gasteiger partial charge in [0.1, 0.15) is 11.6 Å². The van der Waals surface area contributed by atoms with Gasteiger partial charge in [-0.25, -0.2) is 12.8 Å². The van der Waals surface area contributed by atoms with Gasteiger partial charge in [-0.05, 0) is 49.4 Å². The highest BCUT2D eigenvalue weighted by Crippen LogP contribution is 2.34. The zero-order chi connectivity index (χ0) is 20.4. The number of β-amino-alcohol motifs (C(OH)–C–C–N with tert-alkyl or cyclic N) is 1. The van der Waals surface area contributed by atoms with Crippen LogP contribution in [0.2, 0.25) is 0 Å². The molecule has 1 aliphatic carbocycles. The summed E-state index contributed by atoms with van der Waals surface area (Å²) in [5.41, 5.74) is 0. The Morgan fingerprint density at radius 3 is 2.62 bits per heavy atom. The molecule has 2 heterocycles. The molecule has 0 radical (unpaired) electrons. The predicted octanol–water partition coefficient (Wildman–Crippen LogP) is 2.87. The summed E-state index contributed by atoms with van der Waals surface area (Å²) in [4.78, 5) is 6.52. The maximum Gasteiger partial charge on any atom is 0.244 e. The molecule has 1 aromatic carbocycles. The molecule has 7 nitrogen and oxygen atoms in total. The van der Waals surface area contributed by atoms with E-state index in [0.717, 1.165) is 18.7 Å². The van der Waals surface area contributed by atoms with Gasteiger partial charge < -0.3 is 9.63 Å². The minimum Gasteiger partial charge on any atom is -0.392 e. The first-order chi connectivity index (χ1) is 13.9. The van der Waals surface area contributed by atoms with Gasteiger partial charge in [0.2, 0.25) is 5.89 Å². The smallest absolute Gasteiger partial charge is 0.244 e. The second-order valence-corrected chi connectivity index (χ2v) is 10.1. The van der Waals surface area contributed by atoms with Gasteiger partial charge in [-0.3, -0.25) is 4.90 Å². The number of likely N-dealkylation sites (tertiary alicyclic amines) is 1. The molecule has 0 bridgehead atoms. The normalized spacial score (nSPS) is 24.2. The molecule has 1 aromatic heterocycles. The monoisotopic (exact) mass is 423 g/mol. The molecule has 0 spiro atoms. The van der Waals surface area contributed by atoms with Crippen LogP contribution >= 0.6 is 0 Å². The van der Waals surface area contributed by atoms with E-state index in [9.17, 15) is 17.9 Å². The van der Waals surface area contributed by atoms with Crippen molar-refractivity contribution in [2.24, 2.45) is 5.92 Å². The zero-order valence-electron chi connectivity index (χ0n) is 16.2. The van der Waals surface area contributed by atoms with E-state index in [1.165, 1.54) is 44.2 Å². The van der Waals surface area contributed by atoms with E-state index in [-0.39, 0.29) is 16.8 Å². The Kier molecular flexibility index (Phi) is 5.98. The highest BCUT2D eigenvalue weighted by Gasteiger charge is 2.37. The minimum atomic E-state index is -3.70. The lowest BCUT2D eigenvalue weighted by Gasteiger charge is -2.29. The van der Waals surface area contributed by atoms with Crippen LogP contribution in [0.5, 0.6) is 0 Å². The maximum atomic E-state index is 13.1. The minimum absolute atomic E-state index is 0.0143. The van der Waals surface area contributed by atoms with Gasteiger partial charge in [-0.2, -0.15) is 4.98 Å². The Morgan fingerprint density at radius 2 is 1.90 bits per heavy atom. The van der Waals surface area contributed by atoms with Crippen molar-refractivity contribution < 1.29 is 22.4 Å². The number of hydrogen-bond acceptors (Lipinski definition) is 7. The first-order valence-electron chi connectivity index (χ1n) is 10.1. The Labute approximate surface area is 169 Å². The third kappa shape index (κ3) is 4.84. The van der Waals surface area contributed by atoms with Crippen LogP contribution in [0.15, 0.2) is 33.7 Å². The third-order valence-corrected chi connectivity index (χ3v) is 7.49. The quantitative estimate of drug-likeness (QED) is 0.714. The van der Waals surface area contributed by atoms with Crippen molar-refractivity contribution in [2.75, 3.05) is 13.1 Å². The van der Waals surface area contributed by atoms with E-state index in [4.69, 9.17) is 4.52 Å². The molecule has 9 heteroatoms. The molecule has 1 saturated heterocycles. The fourth-order valence-corrected chi connectivity index (χ4v) is 5.57. The van der Waals surface area contributed by atoms with E-state index in [1.807, 2.05) is 0 Å². The summed E-state index contributed by atoms with van der Waals surface area (Å²) in [6.45, 7) is 1.44. The number of aromatic nitrogens is 2. The van der Waals surface area contributed by atoms with Gasteiger partial charge >= 0.3 is 0 Å². The van der Waals surface area contributed by atoms with Gasteiger partial charge in [0.05, 0.1) is 17.0 Å². The molecular formula is C20H26FN3O4S. The largest absolute Gasteiger partial charge is 0.392 e. The number of benzene rings is 1. The third-order valence-electron chi connectivity index (χ3n) is 5.86. The average molecular weight is 424 g/mol. The summed E-state index contributed by atoms with van der Waals surface area (Å²) in [5, 5.41) is 14.0. The summed E-state index contributed by atoms with van der Waals surface area (Å²) < 4.78 is 43.5. The second-order valence-electron chi connectivity index (χ2n) is 8.13. The summed E-state index contributed by atoms with van der Waals surface area (Å²) in [5.74, 6) is 0.117. The highest BCUT2D eigenvalue weighted by atomic mass is 32.2. The summed E-state index contributed by atoms with van der Waals surface area (Å²) >= 11 is 0. The topological polar surface area (TPSA) is 96.5 Å². The Balaban J connectivity index is 1.46. The maximum absolute atomic E-state index is 13.1. The first kappa shape index (κ1) is 20.4. The number of hydrogen-bond donors (Lipinski definition) is 1. The molecule has 0 unspecified atom stereocenters. The first-order valence-corrected chi connectivity index (χ1v) is 11.8. The van der Waals surface area contributed by atoms with Crippen LogP contribution in [0.25, 0.3) is 0 Å². The number of nitrogens with zero attached hydrogens (tertiary/aromatic N) is 3. The number of halogens is 1. The van der Waals surface area contributed by atoms with Crippen LogP contribution in [0.1, 0.15) is 56.3 Å². The van der Waals surface area contributed by atoms with Crippen LogP contribution in [0, 0.1) is 11.7 Å². The number of rotatable bonds is 6. The molecule has 1 aliphatic heterocycles. The van der Waals surface area contributed by atoms with Crippen LogP contribution in [-0.2, 0) is 15.6 Å². The number of aliphatic hydroxyl groups is 1. The van der Waals surface area contributed by atoms with Gasteiger partial charge in [0, 0.05) is 13.1 Å². The Bertz CT molecular complexity index is 925. The molecule has 2 fully saturated rings. The van der Waals surface area contributed by atoms with E-state index < -0.39 is 27.5 Å². The summed E-state index contributed by atoms with van der Waals surface area (Å²) in [6, 6.07) is 4.48. The van der Waals surface area contributed by atoms with Gasteiger partial charge in [0.15, 0.2) is 15.7 Å². The van der Waals surface area contributed by atoms with Crippen molar-refractivity contribution in [1.29, 1.82) is 0 Å². The van der Waals surface area contributed by atoms with Crippen molar-refractivity contribution >= 4 is 9.84 Å². The zero-order valence-corrected chi connectivity index (χ0v) is 17.0. The van der Waals surface area contributed by atoms with Crippen LogP contribution in [-0.4, -0.2) is 47.8 Å². The predicted molar refractivity (Wildman–Crippen MR) is 103 cm³/mol. The molecule has 0 amide bonds. The van der Waals surface area contributed by atoms with Crippen LogP contribution in [0.3, 0.4) is 0 Å².